The van der Waals surface area contributed by atoms with Crippen molar-refractivity contribution < 1.29 is 4.79 Å². The summed E-state index contributed by atoms with van der Waals surface area (Å²) in [7, 11) is 0. The number of rotatable bonds is 4. The SMILES string of the molecule is Cc1nnc(S[C@@H](C)C(=O)Nc2ccc3ccccc3c2)n1N. The van der Waals surface area contributed by atoms with Crippen LogP contribution < -0.4 is 11.2 Å². The number of hydrogen-bond donors (Lipinski definition) is 2. The van der Waals surface area contributed by atoms with E-state index in [9.17, 15) is 4.79 Å². The van der Waals surface area contributed by atoms with Crippen molar-refractivity contribution in [3.05, 3.63) is 48.3 Å². The third-order valence-corrected chi connectivity index (χ3v) is 4.56. The lowest BCUT2D eigenvalue weighted by molar-refractivity contribution is -0.115. The molecule has 7 heteroatoms. The minimum atomic E-state index is -0.340. The van der Waals surface area contributed by atoms with Crippen LogP contribution in [0.5, 0.6) is 0 Å². The number of nitrogens with two attached hydrogens (primary N) is 1. The van der Waals surface area contributed by atoms with Gasteiger partial charge < -0.3 is 11.2 Å². The van der Waals surface area contributed by atoms with Crippen molar-refractivity contribution in [2.45, 2.75) is 24.3 Å². The number of aromatic nitrogens is 3. The van der Waals surface area contributed by atoms with Gasteiger partial charge in [-0.05, 0) is 36.8 Å². The number of carbonyl (C=O) groups excluding carboxylic acids is 1. The van der Waals surface area contributed by atoms with Gasteiger partial charge in [-0.25, -0.2) is 4.68 Å². The molecule has 2 aromatic carbocycles. The van der Waals surface area contributed by atoms with Gasteiger partial charge in [0.05, 0.1) is 5.25 Å². The fraction of sp³-hybridized carbons (Fsp3) is 0.188. The molecular weight excluding hydrogens is 310 g/mol. The van der Waals surface area contributed by atoms with Crippen LogP contribution in [0.15, 0.2) is 47.6 Å². The van der Waals surface area contributed by atoms with E-state index in [0.717, 1.165) is 16.5 Å². The summed E-state index contributed by atoms with van der Waals surface area (Å²) in [4.78, 5) is 12.3. The first-order chi connectivity index (χ1) is 11.0. The highest BCUT2D eigenvalue weighted by molar-refractivity contribution is 8.00. The van der Waals surface area contributed by atoms with Crippen LogP contribution >= 0.6 is 11.8 Å². The maximum atomic E-state index is 12.3. The third-order valence-electron chi connectivity index (χ3n) is 3.50. The van der Waals surface area contributed by atoms with Crippen molar-refractivity contribution >= 4 is 34.1 Å². The fourth-order valence-corrected chi connectivity index (χ4v) is 2.97. The Morgan fingerprint density at radius 1 is 1.22 bits per heavy atom. The maximum Gasteiger partial charge on any atom is 0.237 e. The molecule has 0 spiro atoms. The van der Waals surface area contributed by atoms with Crippen molar-refractivity contribution in [1.29, 1.82) is 0 Å². The predicted molar refractivity (Wildman–Crippen MR) is 92.8 cm³/mol. The molecule has 0 aliphatic carbocycles. The van der Waals surface area contributed by atoms with Gasteiger partial charge in [-0.15, -0.1) is 10.2 Å². The van der Waals surface area contributed by atoms with E-state index in [1.54, 1.807) is 6.92 Å². The highest BCUT2D eigenvalue weighted by Crippen LogP contribution is 2.23. The largest absolute Gasteiger partial charge is 0.336 e. The Balaban J connectivity index is 1.70. The number of nitrogens with one attached hydrogen (secondary N) is 1. The molecule has 0 bridgehead atoms. The Bertz CT molecular complexity index is 861. The zero-order chi connectivity index (χ0) is 16.4. The van der Waals surface area contributed by atoms with Gasteiger partial charge in [0.25, 0.3) is 0 Å². The molecule has 1 heterocycles. The lowest BCUT2D eigenvalue weighted by atomic mass is 10.1. The quantitative estimate of drug-likeness (QED) is 0.568. The van der Waals surface area contributed by atoms with Crippen molar-refractivity contribution in [3.8, 4) is 0 Å². The number of amides is 1. The van der Waals surface area contributed by atoms with Gasteiger partial charge in [-0.3, -0.25) is 4.79 Å². The average Bonchev–Trinajstić information content (AvgIpc) is 2.86. The molecule has 0 saturated carbocycles. The molecule has 1 amide bonds. The monoisotopic (exact) mass is 327 g/mol. The minimum absolute atomic E-state index is 0.106. The molecule has 0 saturated heterocycles. The summed E-state index contributed by atoms with van der Waals surface area (Å²) in [5, 5.41) is 13.2. The molecule has 3 aromatic rings. The number of thioether (sulfide) groups is 1. The molecule has 1 atom stereocenters. The summed E-state index contributed by atoms with van der Waals surface area (Å²) < 4.78 is 1.38. The summed E-state index contributed by atoms with van der Waals surface area (Å²) in [5.74, 6) is 6.31. The summed E-state index contributed by atoms with van der Waals surface area (Å²) >= 11 is 1.27. The molecule has 1 aromatic heterocycles. The van der Waals surface area contributed by atoms with Crippen LogP contribution in [-0.2, 0) is 4.79 Å². The molecular formula is C16H17N5OS. The van der Waals surface area contributed by atoms with Crippen LogP contribution in [0.25, 0.3) is 10.8 Å². The smallest absolute Gasteiger partial charge is 0.237 e. The highest BCUT2D eigenvalue weighted by atomic mass is 32.2. The zero-order valence-electron chi connectivity index (χ0n) is 12.9. The van der Waals surface area contributed by atoms with E-state index in [1.807, 2.05) is 49.4 Å². The molecule has 0 aliphatic rings. The van der Waals surface area contributed by atoms with Crippen molar-refractivity contribution in [1.82, 2.24) is 14.9 Å². The van der Waals surface area contributed by atoms with Gasteiger partial charge in [0.15, 0.2) is 0 Å². The van der Waals surface area contributed by atoms with Crippen LogP contribution in [0.1, 0.15) is 12.7 Å². The molecule has 0 aliphatic heterocycles. The minimum Gasteiger partial charge on any atom is -0.336 e. The normalized spacial score (nSPS) is 12.3. The number of aryl methyl sites for hydroxylation is 1. The lowest BCUT2D eigenvalue weighted by Gasteiger charge is -2.12. The molecule has 23 heavy (non-hydrogen) atoms. The fourth-order valence-electron chi connectivity index (χ4n) is 2.15. The van der Waals surface area contributed by atoms with E-state index in [1.165, 1.54) is 16.4 Å². The summed E-state index contributed by atoms with van der Waals surface area (Å²) in [6, 6.07) is 13.9. The summed E-state index contributed by atoms with van der Waals surface area (Å²) in [6.07, 6.45) is 0. The Hall–Kier alpha value is -2.54. The number of carbonyl (C=O) groups is 1. The topological polar surface area (TPSA) is 85.8 Å². The Kier molecular flexibility index (Phi) is 4.20. The van der Waals surface area contributed by atoms with Gasteiger partial charge in [0, 0.05) is 5.69 Å². The molecule has 3 N–H and O–H groups in total. The summed E-state index contributed by atoms with van der Waals surface area (Å²) in [6.45, 7) is 3.57. The van der Waals surface area contributed by atoms with Crippen LogP contribution in [-0.4, -0.2) is 26.0 Å². The van der Waals surface area contributed by atoms with Crippen LogP contribution in [0.3, 0.4) is 0 Å². The van der Waals surface area contributed by atoms with Crippen LogP contribution in [0.4, 0.5) is 5.69 Å². The Labute approximate surface area is 138 Å². The second kappa shape index (κ2) is 6.29. The number of fused-ring (bicyclic) bond motifs is 1. The van der Waals surface area contributed by atoms with Crippen LogP contribution in [0, 0.1) is 6.92 Å². The lowest BCUT2D eigenvalue weighted by Crippen LogP contribution is -2.23. The first-order valence-corrected chi connectivity index (χ1v) is 8.06. The number of anilines is 1. The second-order valence-electron chi connectivity index (χ2n) is 5.21. The standard InChI is InChI=1S/C16H17N5OS/c1-10(23-16-20-19-11(2)21(16)17)15(22)18-14-8-7-12-5-3-4-6-13(12)9-14/h3-10H,17H2,1-2H3,(H,18,22)/t10-/m0/s1. The highest BCUT2D eigenvalue weighted by Gasteiger charge is 2.18. The Morgan fingerprint density at radius 3 is 2.65 bits per heavy atom. The number of nitrogens with zero attached hydrogens (tertiary/aromatic N) is 3. The molecule has 0 radical (unpaired) electrons. The van der Waals surface area contributed by atoms with Crippen molar-refractivity contribution in [2.75, 3.05) is 11.2 Å². The van der Waals surface area contributed by atoms with Crippen LogP contribution in [0.2, 0.25) is 0 Å². The molecule has 3 rings (SSSR count). The van der Waals surface area contributed by atoms with Crippen molar-refractivity contribution in [2.24, 2.45) is 0 Å². The van der Waals surface area contributed by atoms with Crippen molar-refractivity contribution in [3.63, 3.8) is 0 Å². The van der Waals surface area contributed by atoms with Gasteiger partial charge in [-0.1, -0.05) is 42.1 Å². The molecule has 0 unspecified atom stereocenters. The second-order valence-corrected chi connectivity index (χ2v) is 6.52. The van der Waals surface area contributed by atoms with E-state index in [-0.39, 0.29) is 11.2 Å². The zero-order valence-corrected chi connectivity index (χ0v) is 13.7. The number of benzene rings is 2. The predicted octanol–water partition coefficient (Wildman–Crippen LogP) is 2.57. The van der Waals surface area contributed by atoms with E-state index >= 15 is 0 Å². The third kappa shape index (κ3) is 3.29. The van der Waals surface area contributed by atoms with E-state index in [2.05, 4.69) is 15.5 Å². The molecule has 6 nitrogen and oxygen atoms in total. The maximum absolute atomic E-state index is 12.3. The van der Waals surface area contributed by atoms with Gasteiger partial charge in [0.2, 0.25) is 11.1 Å². The van der Waals surface area contributed by atoms with Gasteiger partial charge in [-0.2, -0.15) is 0 Å². The van der Waals surface area contributed by atoms with E-state index in [0.29, 0.717) is 11.0 Å². The van der Waals surface area contributed by atoms with Gasteiger partial charge in [0.1, 0.15) is 5.82 Å². The molecule has 118 valence electrons. The van der Waals surface area contributed by atoms with E-state index in [4.69, 9.17) is 5.84 Å². The Morgan fingerprint density at radius 2 is 1.96 bits per heavy atom. The first-order valence-electron chi connectivity index (χ1n) is 7.18. The summed E-state index contributed by atoms with van der Waals surface area (Å²) in [5.41, 5.74) is 0.770. The van der Waals surface area contributed by atoms with Gasteiger partial charge >= 0.3 is 0 Å². The van der Waals surface area contributed by atoms with E-state index < -0.39 is 0 Å². The first kappa shape index (κ1) is 15.4. The molecule has 0 fully saturated rings. The average molecular weight is 327 g/mol. The number of nitrogen functional groups attached to an aromatic ring is 1. The number of hydrogen-bond acceptors (Lipinski definition) is 5.